The lowest BCUT2D eigenvalue weighted by atomic mass is 10.2. The summed E-state index contributed by atoms with van der Waals surface area (Å²) in [5.74, 6) is 1.05. The standard InChI is InChI=1S/C14H10BrClO2/c1-9-5-6-11(15)7-13(9)18-14-10(8-17)3-2-4-12(14)16/h2-8H,1H3. The number of aryl methyl sites for hydroxylation is 1. The fraction of sp³-hybridized carbons (Fsp3) is 0.0714. The molecule has 2 aromatic rings. The molecule has 18 heavy (non-hydrogen) atoms. The molecule has 0 bridgehead atoms. The third-order valence-corrected chi connectivity index (χ3v) is 3.28. The molecule has 0 saturated heterocycles. The van der Waals surface area contributed by atoms with Gasteiger partial charge in [0.15, 0.2) is 12.0 Å². The van der Waals surface area contributed by atoms with Crippen molar-refractivity contribution in [3.8, 4) is 11.5 Å². The molecule has 2 nitrogen and oxygen atoms in total. The van der Waals surface area contributed by atoms with Gasteiger partial charge in [0, 0.05) is 4.47 Å². The zero-order chi connectivity index (χ0) is 13.1. The maximum atomic E-state index is 11.0. The molecule has 2 rings (SSSR count). The van der Waals surface area contributed by atoms with Crippen LogP contribution in [0.3, 0.4) is 0 Å². The molecule has 0 saturated carbocycles. The zero-order valence-electron chi connectivity index (χ0n) is 9.61. The molecule has 0 heterocycles. The van der Waals surface area contributed by atoms with Gasteiger partial charge in [-0.2, -0.15) is 0 Å². The number of rotatable bonds is 3. The summed E-state index contributed by atoms with van der Waals surface area (Å²) in [4.78, 5) is 11.0. The maximum absolute atomic E-state index is 11.0. The van der Waals surface area contributed by atoms with Crippen LogP contribution in [0.4, 0.5) is 0 Å². The van der Waals surface area contributed by atoms with E-state index in [2.05, 4.69) is 15.9 Å². The Morgan fingerprint density at radius 1 is 1.28 bits per heavy atom. The lowest BCUT2D eigenvalue weighted by Crippen LogP contribution is -1.93. The summed E-state index contributed by atoms with van der Waals surface area (Å²) < 4.78 is 6.65. The number of aldehydes is 1. The number of carbonyl (C=O) groups is 1. The molecule has 0 aliphatic rings. The molecule has 0 aromatic heterocycles. The minimum atomic E-state index is 0.385. The van der Waals surface area contributed by atoms with E-state index in [4.69, 9.17) is 16.3 Å². The number of ether oxygens (including phenoxy) is 1. The maximum Gasteiger partial charge on any atom is 0.156 e. The van der Waals surface area contributed by atoms with E-state index in [0.717, 1.165) is 16.3 Å². The first-order valence-corrected chi connectivity index (χ1v) is 6.46. The van der Waals surface area contributed by atoms with E-state index in [9.17, 15) is 4.79 Å². The predicted octanol–water partition coefficient (Wildman–Crippen LogP) is 5.02. The summed E-state index contributed by atoms with van der Waals surface area (Å²) in [6, 6.07) is 10.8. The van der Waals surface area contributed by atoms with E-state index in [1.807, 2.05) is 25.1 Å². The Morgan fingerprint density at radius 3 is 2.78 bits per heavy atom. The van der Waals surface area contributed by atoms with E-state index >= 15 is 0 Å². The summed E-state index contributed by atoms with van der Waals surface area (Å²) in [5.41, 5.74) is 1.40. The molecule has 0 unspecified atom stereocenters. The monoisotopic (exact) mass is 324 g/mol. The second-order valence-corrected chi connectivity index (χ2v) is 5.11. The molecule has 0 spiro atoms. The van der Waals surface area contributed by atoms with Gasteiger partial charge in [0.1, 0.15) is 5.75 Å². The van der Waals surface area contributed by atoms with Crippen molar-refractivity contribution < 1.29 is 9.53 Å². The minimum Gasteiger partial charge on any atom is -0.455 e. The quantitative estimate of drug-likeness (QED) is 0.741. The van der Waals surface area contributed by atoms with Crippen LogP contribution in [0.5, 0.6) is 11.5 Å². The third kappa shape index (κ3) is 2.74. The smallest absolute Gasteiger partial charge is 0.156 e. The van der Waals surface area contributed by atoms with Gasteiger partial charge in [0.25, 0.3) is 0 Å². The van der Waals surface area contributed by atoms with E-state index in [0.29, 0.717) is 22.1 Å². The van der Waals surface area contributed by atoms with Crippen LogP contribution in [0.25, 0.3) is 0 Å². The largest absolute Gasteiger partial charge is 0.455 e. The van der Waals surface area contributed by atoms with Crippen molar-refractivity contribution in [2.45, 2.75) is 6.92 Å². The van der Waals surface area contributed by atoms with Crippen LogP contribution in [-0.2, 0) is 0 Å². The van der Waals surface area contributed by atoms with Crippen LogP contribution in [0.2, 0.25) is 5.02 Å². The Balaban J connectivity index is 2.45. The molecule has 0 fully saturated rings. The number of para-hydroxylation sites is 1. The molecule has 0 N–H and O–H groups in total. The summed E-state index contributed by atoms with van der Waals surface area (Å²) in [6.45, 7) is 1.93. The van der Waals surface area contributed by atoms with Gasteiger partial charge in [0.05, 0.1) is 10.6 Å². The second kappa shape index (κ2) is 5.55. The topological polar surface area (TPSA) is 26.3 Å². The Hall–Kier alpha value is -1.32. The average molecular weight is 326 g/mol. The van der Waals surface area contributed by atoms with Crippen LogP contribution < -0.4 is 4.74 Å². The number of carbonyl (C=O) groups excluding carboxylic acids is 1. The molecule has 0 aliphatic heterocycles. The molecule has 2 aromatic carbocycles. The highest BCUT2D eigenvalue weighted by Crippen LogP contribution is 2.34. The van der Waals surface area contributed by atoms with E-state index in [1.165, 1.54) is 0 Å². The molecular formula is C14H10BrClO2. The van der Waals surface area contributed by atoms with Crippen LogP contribution >= 0.6 is 27.5 Å². The van der Waals surface area contributed by atoms with Crippen molar-refractivity contribution in [1.82, 2.24) is 0 Å². The molecule has 0 aliphatic carbocycles. The first-order valence-electron chi connectivity index (χ1n) is 5.29. The molecular weight excluding hydrogens is 316 g/mol. The predicted molar refractivity (Wildman–Crippen MR) is 75.8 cm³/mol. The number of benzene rings is 2. The Labute approximate surface area is 119 Å². The highest BCUT2D eigenvalue weighted by molar-refractivity contribution is 9.10. The van der Waals surface area contributed by atoms with Crippen molar-refractivity contribution in [2.24, 2.45) is 0 Å². The lowest BCUT2D eigenvalue weighted by Gasteiger charge is -2.12. The minimum absolute atomic E-state index is 0.385. The SMILES string of the molecule is Cc1ccc(Br)cc1Oc1c(Cl)cccc1C=O. The van der Waals surface area contributed by atoms with Crippen LogP contribution in [-0.4, -0.2) is 6.29 Å². The summed E-state index contributed by atoms with van der Waals surface area (Å²) in [5, 5.41) is 0.416. The molecule has 92 valence electrons. The van der Waals surface area contributed by atoms with Crippen molar-refractivity contribution in [2.75, 3.05) is 0 Å². The van der Waals surface area contributed by atoms with Crippen molar-refractivity contribution in [3.63, 3.8) is 0 Å². The first-order chi connectivity index (χ1) is 8.61. The Kier molecular flexibility index (Phi) is 4.04. The van der Waals surface area contributed by atoms with Gasteiger partial charge in [-0.05, 0) is 36.8 Å². The average Bonchev–Trinajstić information content (AvgIpc) is 2.36. The second-order valence-electron chi connectivity index (χ2n) is 3.79. The van der Waals surface area contributed by atoms with Gasteiger partial charge < -0.3 is 4.74 Å². The first kappa shape index (κ1) is 13.1. The van der Waals surface area contributed by atoms with E-state index in [-0.39, 0.29) is 0 Å². The summed E-state index contributed by atoms with van der Waals surface area (Å²) in [6.07, 6.45) is 0.731. The van der Waals surface area contributed by atoms with Gasteiger partial charge in [-0.15, -0.1) is 0 Å². The van der Waals surface area contributed by atoms with Crippen molar-refractivity contribution in [1.29, 1.82) is 0 Å². The molecule has 0 atom stereocenters. The number of hydrogen-bond acceptors (Lipinski definition) is 2. The van der Waals surface area contributed by atoms with Gasteiger partial charge >= 0.3 is 0 Å². The third-order valence-electron chi connectivity index (χ3n) is 2.49. The van der Waals surface area contributed by atoms with Gasteiger partial charge in [-0.3, -0.25) is 4.79 Å². The van der Waals surface area contributed by atoms with Gasteiger partial charge in [-0.1, -0.05) is 39.7 Å². The highest BCUT2D eigenvalue weighted by atomic mass is 79.9. The highest BCUT2D eigenvalue weighted by Gasteiger charge is 2.10. The normalized spacial score (nSPS) is 10.2. The van der Waals surface area contributed by atoms with E-state index in [1.54, 1.807) is 18.2 Å². The fourth-order valence-corrected chi connectivity index (χ4v) is 2.08. The van der Waals surface area contributed by atoms with E-state index < -0.39 is 0 Å². The van der Waals surface area contributed by atoms with Crippen LogP contribution in [0, 0.1) is 6.92 Å². The number of hydrogen-bond donors (Lipinski definition) is 0. The molecule has 0 amide bonds. The van der Waals surface area contributed by atoms with Gasteiger partial charge in [-0.25, -0.2) is 0 Å². The van der Waals surface area contributed by atoms with Gasteiger partial charge in [0.2, 0.25) is 0 Å². The van der Waals surface area contributed by atoms with Crippen LogP contribution in [0.15, 0.2) is 40.9 Å². The Bertz CT molecular complexity index is 596. The van der Waals surface area contributed by atoms with Crippen LogP contribution in [0.1, 0.15) is 15.9 Å². The summed E-state index contributed by atoms with van der Waals surface area (Å²) >= 11 is 9.44. The molecule has 0 radical (unpaired) electrons. The number of halogens is 2. The van der Waals surface area contributed by atoms with Crippen molar-refractivity contribution >= 4 is 33.8 Å². The van der Waals surface area contributed by atoms with Crippen molar-refractivity contribution in [3.05, 3.63) is 57.0 Å². The summed E-state index contributed by atoms with van der Waals surface area (Å²) in [7, 11) is 0. The zero-order valence-corrected chi connectivity index (χ0v) is 12.0. The lowest BCUT2D eigenvalue weighted by molar-refractivity contribution is 0.112. The molecule has 4 heteroatoms. The fourth-order valence-electron chi connectivity index (χ4n) is 1.52. The Morgan fingerprint density at radius 2 is 2.06 bits per heavy atom.